The predicted molar refractivity (Wildman–Crippen MR) is 152 cm³/mol. The van der Waals surface area contributed by atoms with Crippen LogP contribution >= 0.6 is 12.2 Å². The Morgan fingerprint density at radius 2 is 2.13 bits per heavy atom. The molecule has 8 heteroatoms. The van der Waals surface area contributed by atoms with Gasteiger partial charge in [-0.2, -0.15) is 4.99 Å². The number of piperidine rings is 1. The largest absolute Gasteiger partial charge is 0.504 e. The molecule has 3 fully saturated rings. The van der Waals surface area contributed by atoms with E-state index in [9.17, 15) is 15.0 Å². The van der Waals surface area contributed by atoms with Gasteiger partial charge < -0.3 is 19.8 Å². The van der Waals surface area contributed by atoms with Gasteiger partial charge in [0.15, 0.2) is 11.5 Å². The van der Waals surface area contributed by atoms with Crippen LogP contribution in [0.5, 0.6) is 11.5 Å². The topological polar surface area (TPSA) is 85.6 Å². The number of phenols is 1. The molecule has 1 spiro atoms. The number of likely N-dealkylation sites (tertiary alicyclic amines) is 1. The zero-order chi connectivity index (χ0) is 26.9. The van der Waals surface area contributed by atoms with Crippen molar-refractivity contribution in [2.24, 2.45) is 10.9 Å². The van der Waals surface area contributed by atoms with Crippen LogP contribution in [0.3, 0.4) is 0 Å². The third-order valence-electron chi connectivity index (χ3n) is 10.0. The number of nitrogens with zero attached hydrogens (tertiary/aromatic N) is 3. The predicted octanol–water partition coefficient (Wildman–Crippen LogP) is 4.23. The zero-order valence-corrected chi connectivity index (χ0v) is 22.9. The van der Waals surface area contributed by atoms with Crippen LogP contribution in [0.1, 0.15) is 48.8 Å². The Bertz CT molecular complexity index is 1430. The molecule has 2 N–H and O–H groups in total. The molecular weight excluding hydrogens is 510 g/mol. The molecule has 2 saturated carbocycles. The van der Waals surface area contributed by atoms with Crippen molar-refractivity contribution in [3.05, 3.63) is 59.2 Å². The Morgan fingerprint density at radius 1 is 1.28 bits per heavy atom. The van der Waals surface area contributed by atoms with Crippen LogP contribution in [0.2, 0.25) is 0 Å². The first-order valence-electron chi connectivity index (χ1n) is 14.0. The van der Waals surface area contributed by atoms with E-state index in [-0.39, 0.29) is 23.7 Å². The second-order valence-corrected chi connectivity index (χ2v) is 12.2. The van der Waals surface area contributed by atoms with E-state index in [0.717, 1.165) is 48.5 Å². The normalized spacial score (nSPS) is 32.3. The van der Waals surface area contributed by atoms with Gasteiger partial charge in [-0.25, -0.2) is 0 Å². The van der Waals surface area contributed by atoms with Gasteiger partial charge >= 0.3 is 0 Å². The minimum absolute atomic E-state index is 0.0186. The van der Waals surface area contributed by atoms with E-state index in [4.69, 9.17) is 17.0 Å². The molecule has 2 heterocycles. The number of hydrogen-bond acceptors (Lipinski definition) is 7. The van der Waals surface area contributed by atoms with Crippen molar-refractivity contribution in [2.75, 3.05) is 20.1 Å². The molecule has 7 rings (SSSR count). The van der Waals surface area contributed by atoms with Gasteiger partial charge in [-0.1, -0.05) is 18.2 Å². The van der Waals surface area contributed by atoms with Gasteiger partial charge in [0.1, 0.15) is 6.10 Å². The van der Waals surface area contributed by atoms with Gasteiger partial charge in [-0.3, -0.25) is 9.69 Å². The fourth-order valence-electron chi connectivity index (χ4n) is 8.05. The fourth-order valence-corrected chi connectivity index (χ4v) is 8.16. The molecule has 1 saturated heterocycles. The molecule has 202 valence electrons. The van der Waals surface area contributed by atoms with Gasteiger partial charge in [-0.15, -0.1) is 0 Å². The third-order valence-corrected chi connectivity index (χ3v) is 10.1. The second-order valence-electron chi connectivity index (χ2n) is 12.0. The van der Waals surface area contributed by atoms with E-state index < -0.39 is 17.1 Å². The lowest BCUT2D eigenvalue weighted by molar-refractivity contribution is -0.200. The molecule has 2 bridgehead atoms. The lowest BCUT2D eigenvalue weighted by Crippen LogP contribution is -2.78. The SMILES string of the molecule is CN(C(=O)C=Cc1cccc(N=C=S)c1)[C@@H]1CCC2(O)[C@H]3Cc4ccc(O)c5c4[C@@]2(CCN3CC2CC2)[C@H]1O5. The molecule has 5 aliphatic rings. The maximum atomic E-state index is 13.5. The minimum Gasteiger partial charge on any atom is -0.504 e. The summed E-state index contributed by atoms with van der Waals surface area (Å²) in [4.78, 5) is 21.8. The first kappa shape index (κ1) is 25.0. The number of carbonyl (C=O) groups excluding carboxylic acids is 1. The lowest BCUT2D eigenvalue weighted by atomic mass is 9.48. The third kappa shape index (κ3) is 3.66. The summed E-state index contributed by atoms with van der Waals surface area (Å²) in [5.41, 5.74) is 2.06. The van der Waals surface area contributed by atoms with Crippen molar-refractivity contribution in [3.63, 3.8) is 0 Å². The molecule has 3 aliphatic carbocycles. The number of amides is 1. The number of benzene rings is 2. The number of aromatic hydroxyl groups is 1. The van der Waals surface area contributed by atoms with Gasteiger partial charge in [-0.05, 0) is 98.6 Å². The average Bonchev–Trinajstić information content (AvgIpc) is 3.67. The first-order chi connectivity index (χ1) is 18.9. The Labute approximate surface area is 233 Å². The van der Waals surface area contributed by atoms with Crippen molar-refractivity contribution < 1.29 is 19.7 Å². The van der Waals surface area contributed by atoms with Crippen LogP contribution < -0.4 is 4.74 Å². The number of carbonyl (C=O) groups is 1. The van der Waals surface area contributed by atoms with E-state index in [1.165, 1.54) is 12.8 Å². The summed E-state index contributed by atoms with van der Waals surface area (Å²) in [6, 6.07) is 11.0. The van der Waals surface area contributed by atoms with E-state index in [0.29, 0.717) is 24.3 Å². The molecule has 39 heavy (non-hydrogen) atoms. The number of thiocarbonyl (C=S) groups is 1. The number of aliphatic imine (C=N–C) groups is 1. The maximum Gasteiger partial charge on any atom is 0.246 e. The van der Waals surface area contributed by atoms with Crippen LogP contribution in [-0.4, -0.2) is 75.0 Å². The highest BCUT2D eigenvalue weighted by molar-refractivity contribution is 7.78. The van der Waals surface area contributed by atoms with Crippen molar-refractivity contribution in [1.29, 1.82) is 0 Å². The van der Waals surface area contributed by atoms with Gasteiger partial charge in [0.25, 0.3) is 0 Å². The zero-order valence-electron chi connectivity index (χ0n) is 22.0. The van der Waals surface area contributed by atoms with E-state index in [2.05, 4.69) is 15.1 Å². The van der Waals surface area contributed by atoms with Gasteiger partial charge in [0, 0.05) is 31.3 Å². The number of isothiocyanates is 1. The number of rotatable bonds is 6. The smallest absolute Gasteiger partial charge is 0.246 e. The highest BCUT2D eigenvalue weighted by atomic mass is 32.1. The second kappa shape index (κ2) is 9.00. The number of phenolic OH excluding ortho intramolecular Hbond substituents is 1. The summed E-state index contributed by atoms with van der Waals surface area (Å²) < 4.78 is 6.62. The van der Waals surface area contributed by atoms with Crippen molar-refractivity contribution in [3.8, 4) is 11.5 Å². The van der Waals surface area contributed by atoms with Crippen molar-refractivity contribution in [2.45, 2.75) is 67.7 Å². The number of likely N-dealkylation sites (N-methyl/N-ethyl adjacent to an activating group) is 1. The van der Waals surface area contributed by atoms with Crippen LogP contribution in [0.4, 0.5) is 5.69 Å². The Morgan fingerprint density at radius 3 is 2.92 bits per heavy atom. The molecule has 2 aromatic rings. The van der Waals surface area contributed by atoms with Crippen LogP contribution in [0.15, 0.2) is 47.5 Å². The Hall–Kier alpha value is -3.03. The van der Waals surface area contributed by atoms with E-state index in [1.54, 1.807) is 23.1 Å². The molecule has 1 amide bonds. The number of hydrogen-bond donors (Lipinski definition) is 2. The molecule has 1 unspecified atom stereocenters. The van der Waals surface area contributed by atoms with Gasteiger partial charge in [0.2, 0.25) is 5.91 Å². The monoisotopic (exact) mass is 543 g/mol. The van der Waals surface area contributed by atoms with E-state index >= 15 is 0 Å². The van der Waals surface area contributed by atoms with E-state index in [1.807, 2.05) is 37.4 Å². The summed E-state index contributed by atoms with van der Waals surface area (Å²) in [5, 5.41) is 25.8. The molecule has 5 atom stereocenters. The van der Waals surface area contributed by atoms with Crippen LogP contribution in [0.25, 0.3) is 6.08 Å². The first-order valence-corrected chi connectivity index (χ1v) is 14.4. The number of aliphatic hydroxyl groups is 1. The van der Waals surface area contributed by atoms with Crippen LogP contribution in [-0.2, 0) is 16.6 Å². The lowest BCUT2D eigenvalue weighted by Gasteiger charge is -2.64. The highest BCUT2D eigenvalue weighted by Gasteiger charge is 2.73. The molecule has 0 radical (unpaired) electrons. The molecule has 2 aromatic carbocycles. The highest BCUT2D eigenvalue weighted by Crippen LogP contribution is 2.66. The summed E-state index contributed by atoms with van der Waals surface area (Å²) in [6.45, 7) is 1.93. The number of ether oxygens (including phenoxy) is 1. The average molecular weight is 544 g/mol. The summed E-state index contributed by atoms with van der Waals surface area (Å²) in [5.74, 6) is 1.23. The van der Waals surface area contributed by atoms with Gasteiger partial charge in [0.05, 0.1) is 27.9 Å². The molecule has 2 aliphatic heterocycles. The molecule has 0 aromatic heterocycles. The summed E-state index contributed by atoms with van der Waals surface area (Å²) in [6.07, 6.45) is 8.23. The summed E-state index contributed by atoms with van der Waals surface area (Å²) >= 11 is 4.70. The summed E-state index contributed by atoms with van der Waals surface area (Å²) in [7, 11) is 1.82. The molecule has 7 nitrogen and oxygen atoms in total. The van der Waals surface area contributed by atoms with Crippen molar-refractivity contribution >= 4 is 35.0 Å². The minimum atomic E-state index is -0.963. The standard InChI is InChI=1S/C31H33N3O4S/c1-33(26(36)10-7-19-3-2-4-22(15-19)32-18-39)23-11-12-31(37)25-16-21-8-9-24(35)28-27(21)30(31,29(23)38-28)13-14-34(25)17-20-5-6-20/h2-4,7-10,15,20,23,25,29,35,37H,5-6,11-14,16-17H2,1H3/t23-,25-,29+,30+,31?/m1/s1. The maximum absolute atomic E-state index is 13.5. The Kier molecular flexibility index (Phi) is 5.76. The quantitative estimate of drug-likeness (QED) is 0.322. The Balaban J connectivity index is 1.22. The van der Waals surface area contributed by atoms with Crippen LogP contribution in [0, 0.1) is 5.92 Å². The molecular formula is C31H33N3O4S. The van der Waals surface area contributed by atoms with Crippen molar-refractivity contribution in [1.82, 2.24) is 9.80 Å². The fraction of sp³-hybridized carbons (Fsp3) is 0.484.